The summed E-state index contributed by atoms with van der Waals surface area (Å²) in [5.74, 6) is 0.254. The second-order valence-electron chi connectivity index (χ2n) is 7.73. The highest BCUT2D eigenvalue weighted by Crippen LogP contribution is 2.44. The smallest absolute Gasteiger partial charge is 0.314 e. The molecule has 0 radical (unpaired) electrons. The van der Waals surface area contributed by atoms with Gasteiger partial charge in [-0.3, -0.25) is 9.59 Å². The molecule has 3 rings (SSSR count). The minimum atomic E-state index is -0.964. The molecule has 0 N–H and O–H groups in total. The predicted molar refractivity (Wildman–Crippen MR) is 102 cm³/mol. The molecule has 152 valence electrons. The molecule has 7 nitrogen and oxygen atoms in total. The van der Waals surface area contributed by atoms with Crippen molar-refractivity contribution in [3.05, 3.63) is 34.6 Å². The number of carbonyl (C=O) groups excluding carboxylic acids is 2. The van der Waals surface area contributed by atoms with Gasteiger partial charge in [0.25, 0.3) is 5.91 Å². The van der Waals surface area contributed by atoms with Gasteiger partial charge in [-0.25, -0.2) is 9.90 Å². The maximum atomic E-state index is 13.3. The minimum absolute atomic E-state index is 0.0904. The van der Waals surface area contributed by atoms with Gasteiger partial charge in [0.2, 0.25) is 0 Å². The van der Waals surface area contributed by atoms with Crippen LogP contribution >= 0.6 is 0 Å². The van der Waals surface area contributed by atoms with Crippen molar-refractivity contribution in [2.24, 2.45) is 5.92 Å². The summed E-state index contributed by atoms with van der Waals surface area (Å²) in [7, 11) is 3.08. The van der Waals surface area contributed by atoms with Gasteiger partial charge in [0.05, 0.1) is 18.6 Å². The molecule has 1 aromatic carbocycles. The molecule has 0 aromatic heterocycles. The lowest BCUT2D eigenvalue weighted by Crippen LogP contribution is -2.44. The highest BCUT2D eigenvalue weighted by molar-refractivity contribution is 6.23. The van der Waals surface area contributed by atoms with E-state index in [1.54, 1.807) is 21.0 Å². The third-order valence-corrected chi connectivity index (χ3v) is 5.09. The number of nitrogens with zero attached hydrogens (tertiary/aromatic N) is 1. The van der Waals surface area contributed by atoms with Gasteiger partial charge in [0, 0.05) is 7.11 Å². The standard InChI is InChI=1S/C21H27NO6/c1-12-9-15(26-6)10-13(2)16(12)17-18(28-20(24)14-7-8-14)21(3,4)22(19(17)23)27-11-25-5/h9-10,14H,7-8,11H2,1-6H3. The van der Waals surface area contributed by atoms with E-state index in [-0.39, 0.29) is 24.6 Å². The molecule has 1 saturated carbocycles. The Morgan fingerprint density at radius 1 is 1.18 bits per heavy atom. The predicted octanol–water partition coefficient (Wildman–Crippen LogP) is 3.13. The number of hydroxylamine groups is 2. The van der Waals surface area contributed by atoms with Gasteiger partial charge >= 0.3 is 5.97 Å². The molecule has 7 heteroatoms. The molecular formula is C21H27NO6. The van der Waals surface area contributed by atoms with Crippen LogP contribution in [0.1, 0.15) is 43.4 Å². The topological polar surface area (TPSA) is 74.3 Å². The minimum Gasteiger partial charge on any atom is -0.497 e. The van der Waals surface area contributed by atoms with E-state index < -0.39 is 5.54 Å². The largest absolute Gasteiger partial charge is 0.497 e. The van der Waals surface area contributed by atoms with E-state index in [9.17, 15) is 9.59 Å². The molecule has 28 heavy (non-hydrogen) atoms. The lowest BCUT2D eigenvalue weighted by atomic mass is 9.92. The Morgan fingerprint density at radius 3 is 2.29 bits per heavy atom. The van der Waals surface area contributed by atoms with Gasteiger partial charge < -0.3 is 14.2 Å². The van der Waals surface area contributed by atoms with Gasteiger partial charge in [-0.15, -0.1) is 0 Å². The Balaban J connectivity index is 2.14. The molecule has 0 saturated heterocycles. The first-order chi connectivity index (χ1) is 13.2. The number of amides is 1. The zero-order chi connectivity index (χ0) is 20.6. The summed E-state index contributed by atoms with van der Waals surface area (Å²) in [4.78, 5) is 31.3. The van der Waals surface area contributed by atoms with Crippen molar-refractivity contribution >= 4 is 17.4 Å². The molecule has 0 spiro atoms. The zero-order valence-corrected chi connectivity index (χ0v) is 17.3. The first kappa shape index (κ1) is 20.4. The van der Waals surface area contributed by atoms with Crippen LogP contribution in [0.15, 0.2) is 17.9 Å². The summed E-state index contributed by atoms with van der Waals surface area (Å²) >= 11 is 0. The Bertz CT molecular complexity index is 814. The first-order valence-corrected chi connectivity index (χ1v) is 9.30. The molecule has 1 aliphatic heterocycles. The number of rotatable bonds is 7. The van der Waals surface area contributed by atoms with Crippen molar-refractivity contribution < 1.29 is 28.6 Å². The van der Waals surface area contributed by atoms with E-state index in [4.69, 9.17) is 19.0 Å². The normalized spacial score (nSPS) is 18.6. The quantitative estimate of drug-likeness (QED) is 0.527. The number of aryl methyl sites for hydroxylation is 2. The van der Waals surface area contributed by atoms with Gasteiger partial charge in [-0.2, -0.15) is 0 Å². The van der Waals surface area contributed by atoms with Crippen molar-refractivity contribution in [1.82, 2.24) is 5.06 Å². The van der Waals surface area contributed by atoms with E-state index >= 15 is 0 Å². The van der Waals surface area contributed by atoms with E-state index in [0.717, 1.165) is 29.5 Å². The average Bonchev–Trinajstić information content (AvgIpc) is 3.45. The van der Waals surface area contributed by atoms with Crippen molar-refractivity contribution in [3.8, 4) is 5.75 Å². The highest BCUT2D eigenvalue weighted by Gasteiger charge is 2.51. The Labute approximate surface area is 165 Å². The van der Waals surface area contributed by atoms with E-state index in [1.807, 2.05) is 26.0 Å². The Kier molecular flexibility index (Phi) is 5.50. The lowest BCUT2D eigenvalue weighted by molar-refractivity contribution is -0.239. The van der Waals surface area contributed by atoms with Crippen molar-refractivity contribution in [3.63, 3.8) is 0 Å². The summed E-state index contributed by atoms with van der Waals surface area (Å²) in [6, 6.07) is 3.71. The van der Waals surface area contributed by atoms with E-state index in [1.165, 1.54) is 12.2 Å². The highest BCUT2D eigenvalue weighted by atomic mass is 16.8. The SMILES string of the molecule is COCON1C(=O)C(c2c(C)cc(OC)cc2C)=C(OC(=O)C2CC2)C1(C)C. The van der Waals surface area contributed by atoms with Crippen LogP contribution < -0.4 is 4.74 Å². The van der Waals surface area contributed by atoms with Crippen molar-refractivity contribution in [2.75, 3.05) is 21.0 Å². The van der Waals surface area contributed by atoms with Gasteiger partial charge in [-0.1, -0.05) is 0 Å². The summed E-state index contributed by atoms with van der Waals surface area (Å²) in [5.41, 5.74) is 1.80. The number of ether oxygens (including phenoxy) is 3. The van der Waals surface area contributed by atoms with Gasteiger partial charge in [0.15, 0.2) is 6.79 Å². The molecule has 1 aliphatic carbocycles. The third kappa shape index (κ3) is 3.52. The van der Waals surface area contributed by atoms with Crippen LogP contribution in [0.3, 0.4) is 0 Å². The van der Waals surface area contributed by atoms with Crippen molar-refractivity contribution in [1.29, 1.82) is 0 Å². The fourth-order valence-electron chi connectivity index (χ4n) is 3.51. The fraction of sp³-hybridized carbons (Fsp3) is 0.524. The summed E-state index contributed by atoms with van der Waals surface area (Å²) < 4.78 is 16.1. The Morgan fingerprint density at radius 2 is 1.79 bits per heavy atom. The zero-order valence-electron chi connectivity index (χ0n) is 17.3. The van der Waals surface area contributed by atoms with Gasteiger partial charge in [0.1, 0.15) is 17.0 Å². The molecule has 1 fully saturated rings. The van der Waals surface area contributed by atoms with Crippen LogP contribution in [0.2, 0.25) is 0 Å². The lowest BCUT2D eigenvalue weighted by Gasteiger charge is -2.31. The monoisotopic (exact) mass is 389 g/mol. The molecule has 0 bridgehead atoms. The Hall–Kier alpha value is -2.38. The summed E-state index contributed by atoms with van der Waals surface area (Å²) in [5, 5.41) is 1.23. The molecule has 1 heterocycles. The van der Waals surface area contributed by atoms with Crippen LogP contribution in [0, 0.1) is 19.8 Å². The number of methoxy groups -OCH3 is 2. The summed E-state index contributed by atoms with van der Waals surface area (Å²) in [6.07, 6.45) is 1.64. The van der Waals surface area contributed by atoms with Crippen LogP contribution in [-0.4, -0.2) is 43.5 Å². The van der Waals surface area contributed by atoms with Gasteiger partial charge in [-0.05, 0) is 69.4 Å². The molecule has 2 aliphatic rings. The number of benzene rings is 1. The van der Waals surface area contributed by atoms with E-state index in [0.29, 0.717) is 17.1 Å². The molecule has 0 unspecified atom stereocenters. The number of hydrogen-bond acceptors (Lipinski definition) is 6. The number of hydrogen-bond donors (Lipinski definition) is 0. The molecular weight excluding hydrogens is 362 g/mol. The van der Waals surface area contributed by atoms with Crippen LogP contribution in [0.25, 0.3) is 5.57 Å². The molecule has 1 aromatic rings. The molecule has 1 amide bonds. The maximum absolute atomic E-state index is 13.3. The number of carbonyl (C=O) groups is 2. The maximum Gasteiger partial charge on any atom is 0.314 e. The second kappa shape index (κ2) is 7.56. The van der Waals surface area contributed by atoms with Crippen LogP contribution in [0.4, 0.5) is 0 Å². The fourth-order valence-corrected chi connectivity index (χ4v) is 3.51. The number of esters is 1. The van der Waals surface area contributed by atoms with Crippen molar-refractivity contribution in [2.45, 2.75) is 46.1 Å². The molecule has 0 atom stereocenters. The second-order valence-corrected chi connectivity index (χ2v) is 7.73. The summed E-state index contributed by atoms with van der Waals surface area (Å²) in [6.45, 7) is 7.29. The first-order valence-electron chi connectivity index (χ1n) is 9.30. The third-order valence-electron chi connectivity index (χ3n) is 5.09. The van der Waals surface area contributed by atoms with Crippen LogP contribution in [-0.2, 0) is 23.9 Å². The average molecular weight is 389 g/mol. The van der Waals surface area contributed by atoms with Crippen LogP contribution in [0.5, 0.6) is 5.75 Å². The van der Waals surface area contributed by atoms with E-state index in [2.05, 4.69) is 0 Å².